The van der Waals surface area contributed by atoms with Gasteiger partial charge in [0.15, 0.2) is 0 Å². The Labute approximate surface area is 123 Å². The fourth-order valence-corrected chi connectivity index (χ4v) is 3.94. The van der Waals surface area contributed by atoms with Crippen molar-refractivity contribution in [3.63, 3.8) is 0 Å². The van der Waals surface area contributed by atoms with Crippen LogP contribution in [0.25, 0.3) is 0 Å². The molecular formula is C17H27N3. The van der Waals surface area contributed by atoms with E-state index >= 15 is 0 Å². The van der Waals surface area contributed by atoms with Gasteiger partial charge in [-0.2, -0.15) is 0 Å². The molecule has 0 bridgehead atoms. The van der Waals surface area contributed by atoms with E-state index in [9.17, 15) is 0 Å². The SMILES string of the molecule is CCN1CCC2(CCN(c3cc(C)nc(C)c3)CC2)C1. The fourth-order valence-electron chi connectivity index (χ4n) is 3.94. The Bertz CT molecular complexity index is 455. The fraction of sp³-hybridized carbons (Fsp3) is 0.706. The first-order valence-electron chi connectivity index (χ1n) is 8.03. The third kappa shape index (κ3) is 2.69. The van der Waals surface area contributed by atoms with Gasteiger partial charge in [0.25, 0.3) is 0 Å². The van der Waals surface area contributed by atoms with E-state index in [0.29, 0.717) is 5.41 Å². The van der Waals surface area contributed by atoms with Gasteiger partial charge in [-0.3, -0.25) is 4.98 Å². The average Bonchev–Trinajstić information content (AvgIpc) is 2.82. The predicted octanol–water partition coefficient (Wildman–Crippen LogP) is 3.01. The van der Waals surface area contributed by atoms with Gasteiger partial charge in [0, 0.05) is 36.7 Å². The molecule has 1 aromatic rings. The lowest BCUT2D eigenvalue weighted by atomic mass is 9.77. The second kappa shape index (κ2) is 5.36. The van der Waals surface area contributed by atoms with Gasteiger partial charge >= 0.3 is 0 Å². The normalized spacial score (nSPS) is 22.6. The van der Waals surface area contributed by atoms with Gasteiger partial charge < -0.3 is 9.80 Å². The molecule has 0 radical (unpaired) electrons. The van der Waals surface area contributed by atoms with Crippen LogP contribution in [-0.4, -0.2) is 42.6 Å². The van der Waals surface area contributed by atoms with Crippen molar-refractivity contribution in [3.8, 4) is 0 Å². The largest absolute Gasteiger partial charge is 0.371 e. The topological polar surface area (TPSA) is 19.4 Å². The number of hydrogen-bond acceptors (Lipinski definition) is 3. The van der Waals surface area contributed by atoms with Gasteiger partial charge in [0.2, 0.25) is 0 Å². The molecule has 2 aliphatic heterocycles. The summed E-state index contributed by atoms with van der Waals surface area (Å²) in [6, 6.07) is 4.47. The van der Waals surface area contributed by atoms with Crippen LogP contribution in [0, 0.1) is 19.3 Å². The second-order valence-electron chi connectivity index (χ2n) is 6.71. The number of likely N-dealkylation sites (tertiary alicyclic amines) is 1. The van der Waals surface area contributed by atoms with E-state index in [0.717, 1.165) is 11.4 Å². The summed E-state index contributed by atoms with van der Waals surface area (Å²) in [6.45, 7) is 12.7. The zero-order valence-corrected chi connectivity index (χ0v) is 13.2. The molecule has 2 fully saturated rings. The molecule has 2 aliphatic rings. The minimum Gasteiger partial charge on any atom is -0.371 e. The maximum Gasteiger partial charge on any atom is 0.0402 e. The first-order chi connectivity index (χ1) is 9.60. The van der Waals surface area contributed by atoms with Gasteiger partial charge in [0.05, 0.1) is 0 Å². The molecule has 1 spiro atoms. The summed E-state index contributed by atoms with van der Waals surface area (Å²) in [7, 11) is 0. The molecule has 0 aromatic carbocycles. The number of piperidine rings is 1. The van der Waals surface area contributed by atoms with Crippen LogP contribution in [0.5, 0.6) is 0 Å². The monoisotopic (exact) mass is 273 g/mol. The summed E-state index contributed by atoms with van der Waals surface area (Å²) >= 11 is 0. The number of anilines is 1. The third-order valence-corrected chi connectivity index (χ3v) is 5.22. The summed E-state index contributed by atoms with van der Waals surface area (Å²) in [4.78, 5) is 9.67. The van der Waals surface area contributed by atoms with Crippen LogP contribution < -0.4 is 4.90 Å². The van der Waals surface area contributed by atoms with Crippen LogP contribution in [0.15, 0.2) is 12.1 Å². The Hall–Kier alpha value is -1.09. The number of aryl methyl sites for hydroxylation is 2. The van der Waals surface area contributed by atoms with Crippen molar-refractivity contribution >= 4 is 5.69 Å². The number of pyridine rings is 1. The van der Waals surface area contributed by atoms with Crippen molar-refractivity contribution in [2.24, 2.45) is 5.41 Å². The first kappa shape index (κ1) is 13.9. The van der Waals surface area contributed by atoms with Crippen molar-refractivity contribution in [1.82, 2.24) is 9.88 Å². The van der Waals surface area contributed by atoms with Gasteiger partial charge in [-0.25, -0.2) is 0 Å². The van der Waals surface area contributed by atoms with Crippen molar-refractivity contribution < 1.29 is 0 Å². The van der Waals surface area contributed by atoms with Crippen molar-refractivity contribution in [2.75, 3.05) is 37.6 Å². The maximum absolute atomic E-state index is 4.49. The standard InChI is InChI=1S/C17H27N3/c1-4-19-8-5-17(13-19)6-9-20(10-7-17)16-11-14(2)18-15(3)12-16/h11-12H,4-10,13H2,1-3H3. The van der Waals surface area contributed by atoms with E-state index < -0.39 is 0 Å². The molecule has 0 N–H and O–H groups in total. The average molecular weight is 273 g/mol. The highest BCUT2D eigenvalue weighted by atomic mass is 15.2. The van der Waals surface area contributed by atoms with E-state index in [1.54, 1.807) is 0 Å². The molecule has 0 unspecified atom stereocenters. The smallest absolute Gasteiger partial charge is 0.0402 e. The zero-order valence-electron chi connectivity index (χ0n) is 13.2. The number of hydrogen-bond donors (Lipinski definition) is 0. The lowest BCUT2D eigenvalue weighted by molar-refractivity contribution is 0.213. The highest BCUT2D eigenvalue weighted by Gasteiger charge is 2.39. The molecule has 3 heterocycles. The number of rotatable bonds is 2. The van der Waals surface area contributed by atoms with Crippen LogP contribution in [0.3, 0.4) is 0 Å². The molecule has 0 saturated carbocycles. The molecule has 3 nitrogen and oxygen atoms in total. The minimum absolute atomic E-state index is 0.615. The van der Waals surface area contributed by atoms with E-state index in [1.165, 1.54) is 57.7 Å². The van der Waals surface area contributed by atoms with Crippen molar-refractivity contribution in [1.29, 1.82) is 0 Å². The molecular weight excluding hydrogens is 246 g/mol. The maximum atomic E-state index is 4.49. The summed E-state index contributed by atoms with van der Waals surface area (Å²) < 4.78 is 0. The number of aromatic nitrogens is 1. The van der Waals surface area contributed by atoms with E-state index in [4.69, 9.17) is 0 Å². The van der Waals surface area contributed by atoms with E-state index in [-0.39, 0.29) is 0 Å². The lowest BCUT2D eigenvalue weighted by Crippen LogP contribution is -2.41. The molecule has 1 aromatic heterocycles. The highest BCUT2D eigenvalue weighted by Crippen LogP contribution is 2.41. The van der Waals surface area contributed by atoms with Gasteiger partial charge in [-0.05, 0) is 63.7 Å². The summed E-state index contributed by atoms with van der Waals surface area (Å²) in [5.41, 5.74) is 4.26. The molecule has 3 rings (SSSR count). The number of nitrogens with zero attached hydrogens (tertiary/aromatic N) is 3. The summed E-state index contributed by atoms with van der Waals surface area (Å²) in [5.74, 6) is 0. The molecule has 110 valence electrons. The highest BCUT2D eigenvalue weighted by molar-refractivity contribution is 5.48. The zero-order chi connectivity index (χ0) is 14.2. The second-order valence-corrected chi connectivity index (χ2v) is 6.71. The van der Waals surface area contributed by atoms with E-state index in [2.05, 4.69) is 47.7 Å². The molecule has 3 heteroatoms. The van der Waals surface area contributed by atoms with Gasteiger partial charge in [0.1, 0.15) is 0 Å². The van der Waals surface area contributed by atoms with Crippen LogP contribution in [0.4, 0.5) is 5.69 Å². The summed E-state index contributed by atoms with van der Waals surface area (Å²) in [5, 5.41) is 0. The Morgan fingerprint density at radius 2 is 1.65 bits per heavy atom. The molecule has 0 amide bonds. The quantitative estimate of drug-likeness (QED) is 0.826. The van der Waals surface area contributed by atoms with Crippen LogP contribution in [0.2, 0.25) is 0 Å². The van der Waals surface area contributed by atoms with E-state index in [1.807, 2.05) is 0 Å². The predicted molar refractivity (Wildman–Crippen MR) is 84.3 cm³/mol. The Kier molecular flexibility index (Phi) is 3.72. The van der Waals surface area contributed by atoms with Crippen molar-refractivity contribution in [3.05, 3.63) is 23.5 Å². The minimum atomic E-state index is 0.615. The Morgan fingerprint density at radius 3 is 2.20 bits per heavy atom. The van der Waals surface area contributed by atoms with Gasteiger partial charge in [-0.1, -0.05) is 6.92 Å². The Morgan fingerprint density at radius 1 is 1.05 bits per heavy atom. The van der Waals surface area contributed by atoms with Crippen LogP contribution >= 0.6 is 0 Å². The molecule has 2 saturated heterocycles. The molecule has 20 heavy (non-hydrogen) atoms. The van der Waals surface area contributed by atoms with Crippen LogP contribution in [0.1, 0.15) is 37.6 Å². The van der Waals surface area contributed by atoms with Crippen LogP contribution in [-0.2, 0) is 0 Å². The van der Waals surface area contributed by atoms with Gasteiger partial charge in [-0.15, -0.1) is 0 Å². The molecule has 0 atom stereocenters. The van der Waals surface area contributed by atoms with Crippen molar-refractivity contribution in [2.45, 2.75) is 40.0 Å². The Balaban J connectivity index is 1.66. The first-order valence-corrected chi connectivity index (χ1v) is 8.03. The third-order valence-electron chi connectivity index (χ3n) is 5.22. The summed E-state index contributed by atoms with van der Waals surface area (Å²) in [6.07, 6.45) is 4.11. The lowest BCUT2D eigenvalue weighted by Gasteiger charge is -2.40. The molecule has 0 aliphatic carbocycles.